The first-order chi connectivity index (χ1) is 39.2. The summed E-state index contributed by atoms with van der Waals surface area (Å²) >= 11 is 24.6. The highest BCUT2D eigenvalue weighted by atomic mass is 35.5. The molecule has 0 radical (unpaired) electrons. The van der Waals surface area contributed by atoms with Crippen molar-refractivity contribution in [2.24, 2.45) is 0 Å². The van der Waals surface area contributed by atoms with E-state index in [1.807, 2.05) is 10.6 Å². The number of benzene rings is 2. The minimum Gasteiger partial charge on any atom is -0.356 e. The molecular formula is C54H72Cl4N16O6S2. The molecule has 28 heteroatoms. The van der Waals surface area contributed by atoms with Gasteiger partial charge in [0.15, 0.2) is 11.3 Å². The molecule has 0 bridgehead atoms. The molecule has 82 heavy (non-hydrogen) atoms. The van der Waals surface area contributed by atoms with Gasteiger partial charge in [-0.25, -0.2) is 31.3 Å². The fraction of sp³-hybridized carbons (Fsp3) is 0.519. The molecule has 6 saturated heterocycles. The second-order valence-electron chi connectivity index (χ2n) is 21.5. The first-order valence-corrected chi connectivity index (χ1v) is 33.0. The Morgan fingerprint density at radius 1 is 0.537 bits per heavy atom. The molecule has 0 aliphatic carbocycles. The van der Waals surface area contributed by atoms with Gasteiger partial charge in [0.1, 0.15) is 21.9 Å². The van der Waals surface area contributed by atoms with E-state index in [1.165, 1.54) is 79.9 Å². The fourth-order valence-corrected chi connectivity index (χ4v) is 12.3. The Bertz CT molecular complexity index is 3460. The highest BCUT2D eigenvalue weighted by molar-refractivity contribution is 7.92. The van der Waals surface area contributed by atoms with Crippen LogP contribution < -0.4 is 29.9 Å². The average molecular weight is 1250 g/mol. The summed E-state index contributed by atoms with van der Waals surface area (Å²) in [4.78, 5) is 49.5. The number of hydrogen-bond donors (Lipinski definition) is 4. The van der Waals surface area contributed by atoms with Crippen molar-refractivity contribution in [1.29, 1.82) is 0 Å². The van der Waals surface area contributed by atoms with E-state index in [2.05, 4.69) is 69.9 Å². The van der Waals surface area contributed by atoms with Gasteiger partial charge in [0.2, 0.25) is 20.0 Å². The number of rotatable bonds is 10. The summed E-state index contributed by atoms with van der Waals surface area (Å²) in [5, 5.41) is 17.2. The van der Waals surface area contributed by atoms with Crippen LogP contribution in [0, 0.1) is 0 Å². The van der Waals surface area contributed by atoms with Crippen LogP contribution in [-0.2, 0) is 20.0 Å². The van der Waals surface area contributed by atoms with Gasteiger partial charge in [0.05, 0.1) is 58.5 Å². The zero-order chi connectivity index (χ0) is 58.3. The minimum absolute atomic E-state index is 0.174. The molecule has 2 amide bonds. The smallest absolute Gasteiger partial charge is 0.256 e. The molecule has 2 atom stereocenters. The molecule has 6 fully saturated rings. The number of aromatic nitrogens is 6. The number of piperazine rings is 2. The van der Waals surface area contributed by atoms with Crippen LogP contribution in [0.5, 0.6) is 0 Å². The number of piperidine rings is 2. The van der Waals surface area contributed by atoms with Crippen LogP contribution in [0.3, 0.4) is 0 Å². The molecule has 0 spiro atoms. The second-order valence-corrected chi connectivity index (χ2v) is 26.6. The lowest BCUT2D eigenvalue weighted by molar-refractivity contribution is 0.0600. The van der Waals surface area contributed by atoms with Gasteiger partial charge >= 0.3 is 0 Å². The summed E-state index contributed by atoms with van der Waals surface area (Å²) in [5.74, 6) is 1.37. The normalized spacial score (nSPS) is 19.9. The zero-order valence-electron chi connectivity index (χ0n) is 46.6. The van der Waals surface area contributed by atoms with E-state index in [0.717, 1.165) is 120 Å². The Labute approximate surface area is 499 Å². The van der Waals surface area contributed by atoms with E-state index < -0.39 is 20.0 Å². The number of likely N-dealkylation sites (tertiary alicyclic amines) is 2. The summed E-state index contributed by atoms with van der Waals surface area (Å²) in [6.45, 7) is 14.0. The Balaban J connectivity index is 0.000000169. The highest BCUT2D eigenvalue weighted by Crippen LogP contribution is 2.37. The monoisotopic (exact) mass is 1240 g/mol. The van der Waals surface area contributed by atoms with E-state index >= 15 is 0 Å². The summed E-state index contributed by atoms with van der Waals surface area (Å²) in [5.41, 5.74) is 3.46. The molecule has 6 aliphatic heterocycles. The average Bonchev–Trinajstić information content (AvgIpc) is 4.05. The summed E-state index contributed by atoms with van der Waals surface area (Å²) in [6.07, 6.45) is 9.64. The van der Waals surface area contributed by atoms with Gasteiger partial charge in [-0.1, -0.05) is 46.4 Å². The molecule has 4 aromatic heterocycles. The maximum absolute atomic E-state index is 14.0. The van der Waals surface area contributed by atoms with E-state index in [-0.39, 0.29) is 51.6 Å². The lowest BCUT2D eigenvalue weighted by atomic mass is 9.98. The van der Waals surface area contributed by atoms with Crippen LogP contribution in [0.4, 0.5) is 23.0 Å². The van der Waals surface area contributed by atoms with E-state index in [0.29, 0.717) is 46.0 Å². The van der Waals surface area contributed by atoms with Crippen molar-refractivity contribution in [3.05, 3.63) is 104 Å². The number of likely N-dealkylation sites (N-methyl/N-ethyl adjacent to an activating group) is 2. The number of amides is 2. The Kier molecular flexibility index (Phi) is 20.3. The molecule has 6 aromatic rings. The third kappa shape index (κ3) is 15.7. The molecule has 0 unspecified atom stereocenters. The highest BCUT2D eigenvalue weighted by Gasteiger charge is 2.35. The van der Waals surface area contributed by atoms with Crippen molar-refractivity contribution in [3.63, 3.8) is 0 Å². The largest absolute Gasteiger partial charge is 0.356 e. The van der Waals surface area contributed by atoms with E-state index in [4.69, 9.17) is 56.5 Å². The van der Waals surface area contributed by atoms with Crippen molar-refractivity contribution in [2.45, 2.75) is 63.5 Å². The number of nitrogens with zero attached hydrogens (tertiary/aromatic N) is 12. The SMILES string of the molecule is C1CNC1.CN1CCN(c2cc(N3CCC3)nc3cc([C@@H]4CCCCN4C(=O)c4cc(Cl)ccc4NS(C)(=O)=O)nn23)CC1.CN1CCNCC1.CS(=O)(=O)Nc1ccc(Cl)cc1C(=O)N1CCCC[C@H]1c1cc2nc(Cl)cc(Cl)n2n1. The zero-order valence-corrected chi connectivity index (χ0v) is 51.3. The maximum atomic E-state index is 14.0. The molecule has 444 valence electrons. The first kappa shape index (κ1) is 61.3. The van der Waals surface area contributed by atoms with Crippen molar-refractivity contribution in [1.82, 2.24) is 59.4 Å². The molecule has 10 heterocycles. The third-order valence-corrected chi connectivity index (χ3v) is 17.2. The topological polar surface area (TPSA) is 230 Å². The number of fused-ring (bicyclic) bond motifs is 2. The number of hydrogen-bond acceptors (Lipinski definition) is 16. The van der Waals surface area contributed by atoms with Gasteiger partial charge in [-0.3, -0.25) is 19.0 Å². The molecular weight excluding hydrogens is 1170 g/mol. The van der Waals surface area contributed by atoms with Crippen LogP contribution in [0.15, 0.2) is 60.7 Å². The first-order valence-electron chi connectivity index (χ1n) is 27.8. The van der Waals surface area contributed by atoms with Crippen LogP contribution in [0.1, 0.15) is 95.6 Å². The predicted octanol–water partition coefficient (Wildman–Crippen LogP) is 7.01. The summed E-state index contributed by atoms with van der Waals surface area (Å²) in [6, 6.07) is 15.9. The van der Waals surface area contributed by atoms with Gasteiger partial charge in [0.25, 0.3) is 11.8 Å². The number of carbonyl (C=O) groups is 2. The minimum atomic E-state index is -3.59. The van der Waals surface area contributed by atoms with Crippen molar-refractivity contribution in [3.8, 4) is 0 Å². The van der Waals surface area contributed by atoms with Crippen LogP contribution in [-0.4, -0.2) is 196 Å². The second kappa shape index (κ2) is 27.2. The number of carbonyl (C=O) groups excluding carboxylic acids is 2. The molecule has 2 aromatic carbocycles. The van der Waals surface area contributed by atoms with Crippen molar-refractivity contribution in [2.75, 3.05) is 137 Å². The van der Waals surface area contributed by atoms with Gasteiger partial charge < -0.3 is 40.0 Å². The quantitative estimate of drug-likeness (QED) is 0.101. The summed E-state index contributed by atoms with van der Waals surface area (Å²) in [7, 11) is -2.88. The summed E-state index contributed by atoms with van der Waals surface area (Å²) < 4.78 is 55.8. The Hall–Kier alpha value is -5.28. The standard InChI is InChI=1S/C27H35ClN8O3S.C19H18Cl3N5O3S.C5H12N2.C3H7N/c1-32-12-14-34(15-13-32)26-18-24(33-9-5-10-33)29-25-17-22(30-36(25)26)23-6-3-4-11-35(23)27(37)20-16-19(28)7-8-21(20)31-40(2,38)39;1-31(29,30)25-13-6-5-11(20)8-12(13)19(28)26-7-3-2-4-15(26)14-9-18-23-16(21)10-17(22)27(18)24-14;1-7-4-2-6-3-5-7;1-2-4-3-1/h7-8,16-18,23,31H,3-6,9-15H2,1-2H3;5-6,8-10,15,25H,2-4,7H2,1H3;6H,2-5H2,1H3;4H,1-3H2/t23-;15-;;/m00../s1. The van der Waals surface area contributed by atoms with Gasteiger partial charge in [0, 0.05) is 113 Å². The third-order valence-electron chi connectivity index (χ3n) is 15.1. The van der Waals surface area contributed by atoms with Crippen LogP contribution in [0.25, 0.3) is 11.3 Å². The molecule has 22 nitrogen and oxygen atoms in total. The van der Waals surface area contributed by atoms with Crippen LogP contribution in [0.2, 0.25) is 20.4 Å². The van der Waals surface area contributed by atoms with E-state index in [9.17, 15) is 26.4 Å². The lowest BCUT2D eigenvalue weighted by Gasteiger charge is -2.36. The van der Waals surface area contributed by atoms with Gasteiger partial charge in [-0.05, 0) is 115 Å². The maximum Gasteiger partial charge on any atom is 0.256 e. The lowest BCUT2D eigenvalue weighted by Crippen LogP contribution is -2.45. The molecule has 0 saturated carbocycles. The number of halogens is 4. The predicted molar refractivity (Wildman–Crippen MR) is 325 cm³/mol. The number of anilines is 4. The molecule has 4 N–H and O–H groups in total. The number of sulfonamides is 2. The van der Waals surface area contributed by atoms with E-state index in [1.54, 1.807) is 21.9 Å². The molecule has 6 aliphatic rings. The van der Waals surface area contributed by atoms with Crippen molar-refractivity contribution >= 4 is 113 Å². The van der Waals surface area contributed by atoms with Crippen molar-refractivity contribution < 1.29 is 26.4 Å². The van der Waals surface area contributed by atoms with Gasteiger partial charge in [-0.2, -0.15) is 14.7 Å². The fourth-order valence-electron chi connectivity index (χ4n) is 10.4. The Morgan fingerprint density at radius 2 is 1.02 bits per heavy atom. The Morgan fingerprint density at radius 3 is 1.48 bits per heavy atom. The van der Waals surface area contributed by atoms with Gasteiger partial charge in [-0.15, -0.1) is 0 Å². The molecule has 12 rings (SSSR count). The number of nitrogens with one attached hydrogen (secondary N) is 4. The van der Waals surface area contributed by atoms with Crippen LogP contribution >= 0.6 is 46.4 Å².